The molecule has 1 aliphatic rings. The van der Waals surface area contributed by atoms with Crippen molar-refractivity contribution >= 4 is 39.6 Å². The van der Waals surface area contributed by atoms with E-state index in [0.717, 1.165) is 35.8 Å². The largest absolute Gasteiger partial charge is 0.396 e. The summed E-state index contributed by atoms with van der Waals surface area (Å²) in [5.74, 6) is 0.135. The molecule has 2 rings (SSSR count). The minimum atomic E-state index is 0.135. The van der Waals surface area contributed by atoms with E-state index in [9.17, 15) is 4.79 Å². The van der Waals surface area contributed by atoms with Gasteiger partial charge in [-0.2, -0.15) is 0 Å². The van der Waals surface area contributed by atoms with Crippen LogP contribution in [0.4, 0.5) is 10.7 Å². The highest BCUT2D eigenvalue weighted by Gasteiger charge is 2.22. The summed E-state index contributed by atoms with van der Waals surface area (Å²) in [4.78, 5) is 13.6. The molecule has 1 aromatic heterocycles. The first-order chi connectivity index (χ1) is 9.17. The molecule has 106 valence electrons. The van der Waals surface area contributed by atoms with E-state index in [0.29, 0.717) is 23.0 Å². The Morgan fingerprint density at radius 2 is 2.21 bits per heavy atom. The predicted molar refractivity (Wildman–Crippen MR) is 84.6 cm³/mol. The Bertz CT molecular complexity index is 453. The number of carbonyl (C=O) groups excluding carboxylic acids is 1. The molecule has 0 aromatic carbocycles. The maximum Gasteiger partial charge on any atom is 0.174 e. The Morgan fingerprint density at radius 1 is 1.53 bits per heavy atom. The monoisotopic (exact) mass is 299 g/mol. The highest BCUT2D eigenvalue weighted by atomic mass is 32.2. The minimum Gasteiger partial charge on any atom is -0.396 e. The maximum absolute atomic E-state index is 11.9. The van der Waals surface area contributed by atoms with E-state index in [2.05, 4.69) is 10.6 Å². The minimum absolute atomic E-state index is 0.135. The van der Waals surface area contributed by atoms with Crippen molar-refractivity contribution in [3.63, 3.8) is 0 Å². The smallest absolute Gasteiger partial charge is 0.174 e. The van der Waals surface area contributed by atoms with Gasteiger partial charge in [-0.25, -0.2) is 0 Å². The van der Waals surface area contributed by atoms with Crippen LogP contribution in [0.1, 0.15) is 35.9 Å². The van der Waals surface area contributed by atoms with Crippen LogP contribution in [0.25, 0.3) is 0 Å². The number of hydrogen-bond acceptors (Lipinski definition) is 6. The van der Waals surface area contributed by atoms with Crippen LogP contribution in [0, 0.1) is 0 Å². The summed E-state index contributed by atoms with van der Waals surface area (Å²) in [6, 6.07) is 0.481. The normalized spacial score (nSPS) is 16.5. The molecule has 1 aliphatic heterocycles. The number of rotatable bonds is 5. The Labute approximate surface area is 122 Å². The number of nitrogens with one attached hydrogen (secondary N) is 2. The number of piperidine rings is 1. The Balaban J connectivity index is 2.21. The van der Waals surface area contributed by atoms with Crippen molar-refractivity contribution in [1.29, 1.82) is 0 Å². The zero-order valence-electron chi connectivity index (χ0n) is 11.4. The molecule has 0 saturated carbocycles. The number of thiophene rings is 1. The molecule has 1 saturated heterocycles. The molecule has 19 heavy (non-hydrogen) atoms. The fourth-order valence-electron chi connectivity index (χ4n) is 2.25. The highest BCUT2D eigenvalue weighted by molar-refractivity contribution is 7.99. The van der Waals surface area contributed by atoms with Crippen LogP contribution in [0.3, 0.4) is 0 Å². The third-order valence-electron chi connectivity index (χ3n) is 3.35. The van der Waals surface area contributed by atoms with Gasteiger partial charge in [0.05, 0.1) is 15.5 Å². The summed E-state index contributed by atoms with van der Waals surface area (Å²) < 4.78 is 0. The number of Topliss-reactive ketones (excluding diaryl/α,β-unsaturated/α-hetero) is 1. The van der Waals surface area contributed by atoms with Crippen LogP contribution >= 0.6 is 23.1 Å². The summed E-state index contributed by atoms with van der Waals surface area (Å²) in [7, 11) is 0. The molecular formula is C13H21N3OS2. The summed E-state index contributed by atoms with van der Waals surface area (Å²) in [6.45, 7) is 3.97. The molecule has 1 aromatic rings. The number of ketones is 1. The second-order valence-corrected chi connectivity index (χ2v) is 6.49. The van der Waals surface area contributed by atoms with Crippen molar-refractivity contribution in [2.24, 2.45) is 0 Å². The fraction of sp³-hybridized carbons (Fsp3) is 0.615. The van der Waals surface area contributed by atoms with Crippen LogP contribution in [-0.4, -0.2) is 31.2 Å². The number of nitrogens with two attached hydrogens (primary N) is 1. The Hall–Kier alpha value is -0.720. The topological polar surface area (TPSA) is 67.2 Å². The van der Waals surface area contributed by atoms with Gasteiger partial charge < -0.3 is 16.4 Å². The first-order valence-electron chi connectivity index (χ1n) is 6.64. The molecule has 1 fully saturated rings. The Morgan fingerprint density at radius 3 is 2.79 bits per heavy atom. The molecule has 0 unspecified atom stereocenters. The SMILES string of the molecule is CCC(=O)c1sc(NC2CCNCC2)c(SC)c1N. The average molecular weight is 299 g/mol. The Kier molecular flexibility index (Phi) is 5.13. The molecule has 4 nitrogen and oxygen atoms in total. The lowest BCUT2D eigenvalue weighted by atomic mass is 10.1. The van der Waals surface area contributed by atoms with Gasteiger partial charge in [0.2, 0.25) is 0 Å². The molecule has 0 spiro atoms. The molecular weight excluding hydrogens is 278 g/mol. The third kappa shape index (κ3) is 3.24. The number of hydrogen-bond donors (Lipinski definition) is 3. The van der Waals surface area contributed by atoms with Crippen molar-refractivity contribution < 1.29 is 4.79 Å². The van der Waals surface area contributed by atoms with Gasteiger partial charge in [-0.05, 0) is 32.2 Å². The van der Waals surface area contributed by atoms with Gasteiger partial charge in [-0.15, -0.1) is 23.1 Å². The van der Waals surface area contributed by atoms with Gasteiger partial charge >= 0.3 is 0 Å². The van der Waals surface area contributed by atoms with E-state index >= 15 is 0 Å². The lowest BCUT2D eigenvalue weighted by Gasteiger charge is -2.24. The van der Waals surface area contributed by atoms with Gasteiger partial charge in [0.15, 0.2) is 5.78 Å². The van der Waals surface area contributed by atoms with E-state index < -0.39 is 0 Å². The fourth-order valence-corrected chi connectivity index (χ4v) is 4.35. The van der Waals surface area contributed by atoms with Crippen molar-refractivity contribution in [3.8, 4) is 0 Å². The quantitative estimate of drug-likeness (QED) is 0.576. The summed E-state index contributed by atoms with van der Waals surface area (Å²) in [5, 5.41) is 7.98. The average Bonchev–Trinajstić information content (AvgIpc) is 2.75. The molecule has 0 amide bonds. The van der Waals surface area contributed by atoms with Crippen LogP contribution < -0.4 is 16.4 Å². The summed E-state index contributed by atoms with van der Waals surface area (Å²) in [5.41, 5.74) is 6.77. The van der Waals surface area contributed by atoms with E-state index in [-0.39, 0.29) is 5.78 Å². The second-order valence-electron chi connectivity index (χ2n) is 4.65. The standard InChI is InChI=1S/C13H21N3OS2/c1-3-9(17)11-10(14)12(18-2)13(19-11)16-8-4-6-15-7-5-8/h8,15-16H,3-7,14H2,1-2H3. The molecule has 4 N–H and O–H groups in total. The summed E-state index contributed by atoms with van der Waals surface area (Å²) >= 11 is 3.12. The van der Waals surface area contributed by atoms with E-state index in [1.807, 2.05) is 13.2 Å². The maximum atomic E-state index is 11.9. The second kappa shape index (κ2) is 6.63. The number of anilines is 2. The van der Waals surface area contributed by atoms with Crippen LogP contribution in [0.5, 0.6) is 0 Å². The zero-order valence-corrected chi connectivity index (χ0v) is 13.0. The van der Waals surface area contributed by atoms with Gasteiger partial charge in [-0.1, -0.05) is 6.92 Å². The van der Waals surface area contributed by atoms with Gasteiger partial charge in [-0.3, -0.25) is 4.79 Å². The number of thioether (sulfide) groups is 1. The highest BCUT2D eigenvalue weighted by Crippen LogP contribution is 2.42. The van der Waals surface area contributed by atoms with Crippen molar-refractivity contribution in [1.82, 2.24) is 5.32 Å². The number of carbonyl (C=O) groups is 1. The van der Waals surface area contributed by atoms with Gasteiger partial charge in [0, 0.05) is 12.5 Å². The molecule has 0 atom stereocenters. The molecule has 0 bridgehead atoms. The number of nitrogen functional groups attached to an aromatic ring is 1. The van der Waals surface area contributed by atoms with Gasteiger partial charge in [0.1, 0.15) is 5.00 Å². The van der Waals surface area contributed by atoms with E-state index in [1.165, 1.54) is 11.3 Å². The first kappa shape index (κ1) is 14.7. The third-order valence-corrected chi connectivity index (χ3v) is 5.49. The molecule has 0 radical (unpaired) electrons. The zero-order chi connectivity index (χ0) is 13.8. The lowest BCUT2D eigenvalue weighted by molar-refractivity contribution is 0.0992. The van der Waals surface area contributed by atoms with Crippen LogP contribution in [-0.2, 0) is 0 Å². The van der Waals surface area contributed by atoms with Crippen molar-refractivity contribution in [2.75, 3.05) is 30.4 Å². The summed E-state index contributed by atoms with van der Waals surface area (Å²) in [6.07, 6.45) is 4.74. The van der Waals surface area contributed by atoms with Crippen LogP contribution in [0.15, 0.2) is 4.90 Å². The molecule has 6 heteroatoms. The molecule has 2 heterocycles. The lowest BCUT2D eigenvalue weighted by Crippen LogP contribution is -2.35. The van der Waals surface area contributed by atoms with Crippen molar-refractivity contribution in [2.45, 2.75) is 37.1 Å². The van der Waals surface area contributed by atoms with Crippen LogP contribution in [0.2, 0.25) is 0 Å². The van der Waals surface area contributed by atoms with Crippen molar-refractivity contribution in [3.05, 3.63) is 4.88 Å². The van der Waals surface area contributed by atoms with Gasteiger partial charge in [0.25, 0.3) is 0 Å². The van der Waals surface area contributed by atoms with E-state index in [1.54, 1.807) is 11.8 Å². The predicted octanol–water partition coefficient (Wildman–Crippen LogP) is 2.81. The molecule has 0 aliphatic carbocycles. The van der Waals surface area contributed by atoms with E-state index in [4.69, 9.17) is 5.73 Å². The first-order valence-corrected chi connectivity index (χ1v) is 8.68.